The van der Waals surface area contributed by atoms with Crippen molar-refractivity contribution in [2.45, 2.75) is 32.1 Å². The molecule has 0 unspecified atom stereocenters. The molecule has 1 aliphatic rings. The van der Waals surface area contributed by atoms with Gasteiger partial charge in [0.15, 0.2) is 0 Å². The van der Waals surface area contributed by atoms with Crippen LogP contribution in [0, 0.1) is 0 Å². The van der Waals surface area contributed by atoms with Crippen LogP contribution in [0.2, 0.25) is 0 Å². The lowest BCUT2D eigenvalue weighted by atomic mass is 9.92. The summed E-state index contributed by atoms with van der Waals surface area (Å²) in [6.45, 7) is 0.724. The number of rotatable bonds is 4. The second-order valence-electron chi connectivity index (χ2n) is 4.03. The van der Waals surface area contributed by atoms with E-state index in [1.54, 1.807) is 0 Å². The fourth-order valence-corrected chi connectivity index (χ4v) is 2.15. The molecule has 0 heterocycles. The normalized spacial score (nSPS) is 14.7. The number of benzene rings is 1. The first-order valence-electron chi connectivity index (χ1n) is 5.71. The molecule has 0 N–H and O–H groups in total. The lowest BCUT2D eigenvalue weighted by molar-refractivity contribution is 0.317. The Balaban J connectivity index is 2.00. The van der Waals surface area contributed by atoms with Crippen molar-refractivity contribution in [2.24, 2.45) is 0 Å². The third-order valence-corrected chi connectivity index (χ3v) is 3.13. The van der Waals surface area contributed by atoms with Crippen LogP contribution < -0.4 is 4.74 Å². The van der Waals surface area contributed by atoms with Crippen molar-refractivity contribution in [3.8, 4) is 5.75 Å². The van der Waals surface area contributed by atoms with Gasteiger partial charge in [-0.2, -0.15) is 0 Å². The van der Waals surface area contributed by atoms with Gasteiger partial charge in [-0.15, -0.1) is 11.6 Å². The van der Waals surface area contributed by atoms with Gasteiger partial charge in [0.2, 0.25) is 0 Å². The predicted octanol–water partition coefficient (Wildman–Crippen LogP) is 3.57. The summed E-state index contributed by atoms with van der Waals surface area (Å²) >= 11 is 5.60. The molecule has 0 saturated heterocycles. The molecule has 1 aromatic carbocycles. The van der Waals surface area contributed by atoms with E-state index in [9.17, 15) is 0 Å². The third kappa shape index (κ3) is 2.88. The molecular weight excluding hydrogens is 208 g/mol. The Bertz CT molecular complexity index is 322. The lowest BCUT2D eigenvalue weighted by Gasteiger charge is -2.16. The van der Waals surface area contributed by atoms with Gasteiger partial charge in [0, 0.05) is 5.88 Å². The highest BCUT2D eigenvalue weighted by Crippen LogP contribution is 2.25. The van der Waals surface area contributed by atoms with E-state index in [0.29, 0.717) is 5.88 Å². The molecule has 0 bridgehead atoms. The highest BCUT2D eigenvalue weighted by molar-refractivity contribution is 6.17. The Kier molecular flexibility index (Phi) is 3.90. The minimum Gasteiger partial charge on any atom is -0.494 e. The molecule has 1 aromatic rings. The van der Waals surface area contributed by atoms with Gasteiger partial charge in [-0.1, -0.05) is 6.07 Å². The first-order valence-corrected chi connectivity index (χ1v) is 6.24. The van der Waals surface area contributed by atoms with E-state index in [2.05, 4.69) is 18.2 Å². The summed E-state index contributed by atoms with van der Waals surface area (Å²) in [4.78, 5) is 0. The fraction of sp³-hybridized carbons (Fsp3) is 0.538. The third-order valence-electron chi connectivity index (χ3n) is 2.87. The zero-order valence-corrected chi connectivity index (χ0v) is 9.72. The van der Waals surface area contributed by atoms with E-state index in [-0.39, 0.29) is 0 Å². The summed E-state index contributed by atoms with van der Waals surface area (Å²) < 4.78 is 5.63. The van der Waals surface area contributed by atoms with Crippen LogP contribution in [-0.2, 0) is 12.8 Å². The zero-order chi connectivity index (χ0) is 10.5. The molecule has 0 aromatic heterocycles. The Morgan fingerprint density at radius 1 is 1.13 bits per heavy atom. The molecule has 82 valence electrons. The number of fused-ring (bicyclic) bond motifs is 1. The Hall–Kier alpha value is -0.690. The van der Waals surface area contributed by atoms with Crippen LogP contribution in [0.5, 0.6) is 5.75 Å². The molecule has 2 heteroatoms. The predicted molar refractivity (Wildman–Crippen MR) is 63.9 cm³/mol. The van der Waals surface area contributed by atoms with E-state index in [0.717, 1.165) is 18.8 Å². The van der Waals surface area contributed by atoms with Crippen LogP contribution in [0.3, 0.4) is 0 Å². The minimum absolute atomic E-state index is 0.672. The van der Waals surface area contributed by atoms with Crippen LogP contribution in [0.15, 0.2) is 18.2 Å². The molecule has 1 nitrogen and oxygen atoms in total. The van der Waals surface area contributed by atoms with Crippen molar-refractivity contribution in [3.63, 3.8) is 0 Å². The average molecular weight is 225 g/mol. The second-order valence-corrected chi connectivity index (χ2v) is 4.41. The largest absolute Gasteiger partial charge is 0.494 e. The van der Waals surface area contributed by atoms with Crippen molar-refractivity contribution < 1.29 is 4.74 Å². The Morgan fingerprint density at radius 2 is 1.93 bits per heavy atom. The summed E-state index contributed by atoms with van der Waals surface area (Å²) in [7, 11) is 0. The smallest absolute Gasteiger partial charge is 0.119 e. The quantitative estimate of drug-likeness (QED) is 0.561. The summed E-state index contributed by atoms with van der Waals surface area (Å²) in [6, 6.07) is 6.49. The highest BCUT2D eigenvalue weighted by Gasteiger charge is 2.09. The van der Waals surface area contributed by atoms with Crippen molar-refractivity contribution in [1.82, 2.24) is 0 Å². The fourth-order valence-electron chi connectivity index (χ4n) is 2.04. The van der Waals surface area contributed by atoms with Crippen molar-refractivity contribution in [1.29, 1.82) is 0 Å². The molecule has 0 aliphatic heterocycles. The summed E-state index contributed by atoms with van der Waals surface area (Å²) in [5.74, 6) is 1.67. The second kappa shape index (κ2) is 5.41. The van der Waals surface area contributed by atoms with Crippen molar-refractivity contribution in [2.75, 3.05) is 12.5 Å². The Morgan fingerprint density at radius 3 is 2.73 bits per heavy atom. The molecular formula is C13H17ClO. The summed E-state index contributed by atoms with van der Waals surface area (Å²) in [5, 5.41) is 0. The molecule has 0 fully saturated rings. The SMILES string of the molecule is ClCCCOc1ccc2c(c1)CCCC2. The van der Waals surface area contributed by atoms with Gasteiger partial charge in [-0.3, -0.25) is 0 Å². The van der Waals surface area contributed by atoms with Gasteiger partial charge in [0.1, 0.15) is 5.75 Å². The molecule has 0 atom stereocenters. The molecule has 0 spiro atoms. The lowest BCUT2D eigenvalue weighted by Crippen LogP contribution is -2.04. The number of hydrogen-bond acceptors (Lipinski definition) is 1. The monoisotopic (exact) mass is 224 g/mol. The van der Waals surface area contributed by atoms with E-state index in [1.807, 2.05) is 0 Å². The maximum atomic E-state index is 5.63. The molecule has 2 rings (SSSR count). The maximum absolute atomic E-state index is 5.63. The van der Waals surface area contributed by atoms with Gasteiger partial charge in [0.25, 0.3) is 0 Å². The van der Waals surface area contributed by atoms with Gasteiger partial charge < -0.3 is 4.74 Å². The molecule has 0 saturated carbocycles. The average Bonchev–Trinajstić information content (AvgIpc) is 2.29. The van der Waals surface area contributed by atoms with Crippen LogP contribution >= 0.6 is 11.6 Å². The maximum Gasteiger partial charge on any atom is 0.119 e. The number of halogens is 1. The van der Waals surface area contributed by atoms with Gasteiger partial charge >= 0.3 is 0 Å². The van der Waals surface area contributed by atoms with E-state index < -0.39 is 0 Å². The first-order chi connectivity index (χ1) is 7.40. The standard InChI is InChI=1S/C13H17ClO/c14-8-3-9-15-13-7-6-11-4-1-2-5-12(11)10-13/h6-7,10H,1-5,8-9H2. The van der Waals surface area contributed by atoms with Crippen LogP contribution in [0.25, 0.3) is 0 Å². The molecule has 0 amide bonds. The van der Waals surface area contributed by atoms with Gasteiger partial charge in [-0.05, 0) is 55.4 Å². The first kappa shape index (κ1) is 10.8. The molecule has 1 aliphatic carbocycles. The summed E-state index contributed by atoms with van der Waals surface area (Å²) in [5.41, 5.74) is 2.98. The van der Waals surface area contributed by atoms with Crippen molar-refractivity contribution >= 4 is 11.6 Å². The van der Waals surface area contributed by atoms with Crippen LogP contribution in [-0.4, -0.2) is 12.5 Å². The van der Waals surface area contributed by atoms with Gasteiger partial charge in [-0.25, -0.2) is 0 Å². The number of aryl methyl sites for hydroxylation is 2. The minimum atomic E-state index is 0.672. The number of alkyl halides is 1. The van der Waals surface area contributed by atoms with E-state index in [4.69, 9.17) is 16.3 Å². The summed E-state index contributed by atoms with van der Waals surface area (Å²) in [6.07, 6.45) is 6.01. The van der Waals surface area contributed by atoms with E-state index in [1.165, 1.54) is 36.8 Å². The zero-order valence-electron chi connectivity index (χ0n) is 8.97. The Labute approximate surface area is 96.4 Å². The van der Waals surface area contributed by atoms with Crippen LogP contribution in [0.4, 0.5) is 0 Å². The number of hydrogen-bond donors (Lipinski definition) is 0. The van der Waals surface area contributed by atoms with Crippen LogP contribution in [0.1, 0.15) is 30.4 Å². The number of ether oxygens (including phenoxy) is 1. The molecule has 15 heavy (non-hydrogen) atoms. The van der Waals surface area contributed by atoms with Crippen molar-refractivity contribution in [3.05, 3.63) is 29.3 Å². The van der Waals surface area contributed by atoms with E-state index >= 15 is 0 Å². The topological polar surface area (TPSA) is 9.23 Å². The van der Waals surface area contributed by atoms with Gasteiger partial charge in [0.05, 0.1) is 6.61 Å². The molecule has 0 radical (unpaired) electrons. The highest BCUT2D eigenvalue weighted by atomic mass is 35.5.